The van der Waals surface area contributed by atoms with Crippen molar-refractivity contribution < 1.29 is 39.2 Å². The van der Waals surface area contributed by atoms with Gasteiger partial charge in [0.1, 0.15) is 0 Å². The molecule has 0 aromatic carbocycles. The SMILES string of the molecule is CCCCCCCCCCCC(CNCCCCCCCCC(=O)O)(C(=O)O)C(=O)NCCC(C)C.CSNNC(=O)OCC1C2CC/C(N)=C(/N(N)C(C)(C)CCO)CCC21. The number of ether oxygens (including phenoxy) is 1. The number of carbonyl (C=O) groups excluding carboxylic acids is 2. The van der Waals surface area contributed by atoms with Crippen LogP contribution in [0, 0.1) is 29.1 Å². The van der Waals surface area contributed by atoms with E-state index >= 15 is 0 Å². The van der Waals surface area contributed by atoms with Crippen LogP contribution in [-0.2, 0) is 19.1 Å². The van der Waals surface area contributed by atoms with Gasteiger partial charge in [0, 0.05) is 37.5 Å². The number of aliphatic hydroxyl groups excluding tert-OH is 1. The summed E-state index contributed by atoms with van der Waals surface area (Å²) in [5.74, 6) is 6.19. The van der Waals surface area contributed by atoms with E-state index in [0.29, 0.717) is 56.2 Å². The Hall–Kier alpha value is -2.79. The molecule has 0 aromatic heterocycles. The number of aliphatic hydroxyl groups is 1. The van der Waals surface area contributed by atoms with Crippen molar-refractivity contribution in [3.05, 3.63) is 11.4 Å². The Labute approximate surface area is 378 Å². The number of carboxylic acids is 2. The largest absolute Gasteiger partial charge is 0.481 e. The molecule has 4 atom stereocenters. The third kappa shape index (κ3) is 23.2. The van der Waals surface area contributed by atoms with E-state index in [0.717, 1.165) is 101 Å². The predicted octanol–water partition coefficient (Wildman–Crippen LogP) is 7.98. The van der Waals surface area contributed by atoms with Gasteiger partial charge < -0.3 is 41.4 Å². The molecular weight excluding hydrogens is 811 g/mol. The smallest absolute Gasteiger partial charge is 0.422 e. The van der Waals surface area contributed by atoms with E-state index in [4.69, 9.17) is 21.4 Å². The molecule has 1 fully saturated rings. The summed E-state index contributed by atoms with van der Waals surface area (Å²) >= 11 is 1.30. The third-order valence-corrected chi connectivity index (χ3v) is 13.0. The summed E-state index contributed by atoms with van der Waals surface area (Å²) < 4.78 is 5.30. The Morgan fingerprint density at radius 1 is 0.855 bits per heavy atom. The summed E-state index contributed by atoms with van der Waals surface area (Å²) in [5.41, 5.74) is 8.85. The molecule has 2 aliphatic rings. The van der Waals surface area contributed by atoms with Gasteiger partial charge in [0.2, 0.25) is 5.91 Å². The fourth-order valence-electron chi connectivity index (χ4n) is 8.37. The molecule has 0 aromatic rings. The number of nitrogens with zero attached hydrogens (tertiary/aromatic N) is 1. The number of nitrogens with one attached hydrogen (secondary N) is 4. The second-order valence-corrected chi connectivity index (χ2v) is 19.2. The monoisotopic (exact) mass is 900 g/mol. The maximum atomic E-state index is 13.1. The lowest BCUT2D eigenvalue weighted by atomic mass is 9.81. The van der Waals surface area contributed by atoms with E-state index in [1.165, 1.54) is 50.5 Å². The maximum absolute atomic E-state index is 13.1. The molecule has 15 nitrogen and oxygen atoms in total. The van der Waals surface area contributed by atoms with Crippen molar-refractivity contribution in [1.29, 1.82) is 0 Å². The molecule has 62 heavy (non-hydrogen) atoms. The Balaban J connectivity index is 0.000000650. The highest BCUT2D eigenvalue weighted by molar-refractivity contribution is 7.96. The van der Waals surface area contributed by atoms with Gasteiger partial charge in [-0.15, -0.1) is 0 Å². The highest BCUT2D eigenvalue weighted by atomic mass is 32.2. The fourth-order valence-corrected chi connectivity index (χ4v) is 8.56. The van der Waals surface area contributed by atoms with Gasteiger partial charge in [0.15, 0.2) is 5.41 Å². The van der Waals surface area contributed by atoms with Crippen molar-refractivity contribution in [1.82, 2.24) is 25.9 Å². The lowest BCUT2D eigenvalue weighted by Crippen LogP contribution is -2.52. The topological polar surface area (TPSA) is 242 Å². The predicted molar refractivity (Wildman–Crippen MR) is 250 cm³/mol. The summed E-state index contributed by atoms with van der Waals surface area (Å²) in [6, 6.07) is 0. The van der Waals surface area contributed by atoms with E-state index in [1.54, 1.807) is 5.01 Å². The summed E-state index contributed by atoms with van der Waals surface area (Å²) in [4.78, 5) is 50.3. The van der Waals surface area contributed by atoms with Crippen molar-refractivity contribution in [2.75, 3.05) is 39.1 Å². The number of nitrogens with two attached hydrogens (primary N) is 2. The van der Waals surface area contributed by atoms with Crippen molar-refractivity contribution in [2.45, 2.75) is 188 Å². The number of hydrazine groups is 2. The molecule has 16 heteroatoms. The third-order valence-electron chi connectivity index (χ3n) is 12.6. The van der Waals surface area contributed by atoms with Crippen LogP contribution in [0.5, 0.6) is 0 Å². The van der Waals surface area contributed by atoms with Gasteiger partial charge >= 0.3 is 18.0 Å². The highest BCUT2D eigenvalue weighted by Gasteiger charge is 2.50. The summed E-state index contributed by atoms with van der Waals surface area (Å²) in [6.45, 7) is 12.3. The van der Waals surface area contributed by atoms with Crippen molar-refractivity contribution in [3.63, 3.8) is 0 Å². The summed E-state index contributed by atoms with van der Waals surface area (Å²) in [7, 11) is 0. The quantitative estimate of drug-likeness (QED) is 0.00978. The molecule has 11 N–H and O–H groups in total. The first-order valence-corrected chi connectivity index (χ1v) is 25.1. The molecule has 0 heterocycles. The number of carbonyl (C=O) groups is 4. The molecule has 2 rings (SSSR count). The number of aliphatic carboxylic acids is 2. The molecule has 362 valence electrons. The summed E-state index contributed by atoms with van der Waals surface area (Å²) in [5, 5.41) is 36.0. The zero-order valence-corrected chi connectivity index (χ0v) is 40.3. The van der Waals surface area contributed by atoms with Crippen LogP contribution >= 0.6 is 11.9 Å². The van der Waals surface area contributed by atoms with Crippen molar-refractivity contribution >= 4 is 35.9 Å². The molecule has 0 bridgehead atoms. The average Bonchev–Trinajstić information content (AvgIpc) is 3.88. The average molecular weight is 900 g/mol. The first-order chi connectivity index (χ1) is 29.6. The van der Waals surface area contributed by atoms with Crippen LogP contribution in [0.3, 0.4) is 0 Å². The lowest BCUT2D eigenvalue weighted by Gasteiger charge is -2.39. The Kier molecular flexibility index (Phi) is 30.3. The zero-order chi connectivity index (χ0) is 46.4. The van der Waals surface area contributed by atoms with E-state index in [1.807, 2.05) is 20.1 Å². The number of rotatable bonds is 34. The van der Waals surface area contributed by atoms with E-state index < -0.39 is 23.4 Å². The second kappa shape index (κ2) is 32.8. The minimum Gasteiger partial charge on any atom is -0.481 e. The van der Waals surface area contributed by atoms with E-state index in [2.05, 4.69) is 41.7 Å². The van der Waals surface area contributed by atoms with E-state index in [-0.39, 0.29) is 31.0 Å². The van der Waals surface area contributed by atoms with Crippen LogP contribution in [0.1, 0.15) is 182 Å². The molecule has 0 saturated heterocycles. The second-order valence-electron chi connectivity index (χ2n) is 18.6. The highest BCUT2D eigenvalue weighted by Crippen LogP contribution is 2.54. The standard InChI is InChI=1S/C29H56N2O5.C17H33N5O3S/c1-4-5-6-7-8-9-11-14-17-21-29(28(35)36,27(34)31-23-20-25(2)3)24-30-22-18-15-12-10-13-16-19-26(32)33;1-17(2,8-9-23)22(19)15-7-5-12-11(4-6-14(15)18)13(12)10-25-16(24)20-21-26-3/h25,30H,4-24H2,1-3H3,(H,31,34)(H,32,33)(H,35,36);11-13,21,23H,4-10,18-19H2,1-3H3,(H,20,24)/b;15-14-. The molecule has 0 spiro atoms. The Morgan fingerprint density at radius 3 is 2.00 bits per heavy atom. The minimum absolute atomic E-state index is 0.0887. The zero-order valence-electron chi connectivity index (χ0n) is 39.5. The van der Waals surface area contributed by atoms with Gasteiger partial charge in [0.25, 0.3) is 0 Å². The van der Waals surface area contributed by atoms with Gasteiger partial charge in [-0.1, -0.05) is 116 Å². The first-order valence-electron chi connectivity index (χ1n) is 23.9. The van der Waals surface area contributed by atoms with Crippen molar-refractivity contribution in [2.24, 2.45) is 40.7 Å². The Morgan fingerprint density at radius 2 is 1.44 bits per heavy atom. The number of amides is 2. The van der Waals surface area contributed by atoms with E-state index in [9.17, 15) is 29.4 Å². The van der Waals surface area contributed by atoms with Crippen LogP contribution in [0.25, 0.3) is 0 Å². The number of unbranched alkanes of at least 4 members (excludes halogenated alkanes) is 13. The molecule has 2 aliphatic carbocycles. The number of hydrogen-bond acceptors (Lipinski definition) is 12. The molecule has 0 aliphatic heterocycles. The fraction of sp³-hybridized carbons (Fsp3) is 0.870. The van der Waals surface area contributed by atoms with Crippen LogP contribution in [0.15, 0.2) is 11.4 Å². The van der Waals surface area contributed by atoms with Crippen LogP contribution in [0.2, 0.25) is 0 Å². The molecule has 2 amide bonds. The van der Waals surface area contributed by atoms with Crippen LogP contribution < -0.4 is 32.5 Å². The maximum Gasteiger partial charge on any atom is 0.422 e. The number of carboxylic acid groups (broad SMARTS) is 2. The van der Waals surface area contributed by atoms with Crippen LogP contribution in [-0.4, -0.2) is 88.9 Å². The van der Waals surface area contributed by atoms with Gasteiger partial charge in [-0.25, -0.2) is 16.1 Å². The van der Waals surface area contributed by atoms with Gasteiger partial charge in [-0.3, -0.25) is 14.4 Å². The number of allylic oxidation sites excluding steroid dienone is 2. The molecule has 4 unspecified atom stereocenters. The number of fused-ring (bicyclic) bond motifs is 1. The first kappa shape index (κ1) is 57.2. The minimum atomic E-state index is -1.42. The number of hydrogen-bond donors (Lipinski definition) is 9. The van der Waals surface area contributed by atoms with Gasteiger partial charge in [0.05, 0.1) is 12.1 Å². The Bertz CT molecular complexity index is 1310. The van der Waals surface area contributed by atoms with Gasteiger partial charge in [-0.05, 0) is 108 Å². The molecule has 0 radical (unpaired) electrons. The summed E-state index contributed by atoms with van der Waals surface area (Å²) in [6.07, 6.45) is 23.0. The normalized spacial score (nSPS) is 19.5. The van der Waals surface area contributed by atoms with Gasteiger partial charge in [-0.2, -0.15) is 4.83 Å². The van der Waals surface area contributed by atoms with Crippen molar-refractivity contribution in [3.8, 4) is 0 Å². The van der Waals surface area contributed by atoms with Crippen LogP contribution in [0.4, 0.5) is 4.79 Å². The lowest BCUT2D eigenvalue weighted by molar-refractivity contribution is -0.156. The molecule has 1 saturated carbocycles. The molecular formula is C46H89N7O8S.